The largest absolute Gasteiger partial charge is 0.506 e. The van der Waals surface area contributed by atoms with E-state index in [1.54, 1.807) is 12.1 Å². The summed E-state index contributed by atoms with van der Waals surface area (Å²) in [5.41, 5.74) is 0.837. The highest BCUT2D eigenvalue weighted by atomic mass is 35.5. The summed E-state index contributed by atoms with van der Waals surface area (Å²) in [4.78, 5) is 12.1. The SMILES string of the molecule is O=C(O)c1cc(SNCc2ccccc2Cl)c2ccccc2c1O. The van der Waals surface area contributed by atoms with Gasteiger partial charge in [-0.15, -0.1) is 0 Å². The Morgan fingerprint density at radius 2 is 1.75 bits per heavy atom. The molecular weight excluding hydrogens is 346 g/mol. The molecule has 0 atom stereocenters. The van der Waals surface area contributed by atoms with Crippen LogP contribution in [0.15, 0.2) is 59.5 Å². The predicted octanol–water partition coefficient (Wildman–Crippen LogP) is 4.69. The first-order valence-corrected chi connectivity index (χ1v) is 8.38. The molecule has 0 saturated heterocycles. The highest BCUT2D eigenvalue weighted by Gasteiger charge is 2.16. The van der Waals surface area contributed by atoms with E-state index in [9.17, 15) is 15.0 Å². The Morgan fingerprint density at radius 1 is 1.08 bits per heavy atom. The van der Waals surface area contributed by atoms with E-state index >= 15 is 0 Å². The summed E-state index contributed by atoms with van der Waals surface area (Å²) in [5.74, 6) is -1.38. The van der Waals surface area contributed by atoms with Crippen LogP contribution < -0.4 is 4.72 Å². The third kappa shape index (κ3) is 3.33. The number of aromatic hydroxyl groups is 1. The second-order valence-electron chi connectivity index (χ2n) is 5.14. The Balaban J connectivity index is 1.90. The molecule has 0 saturated carbocycles. The molecule has 24 heavy (non-hydrogen) atoms. The highest BCUT2D eigenvalue weighted by Crippen LogP contribution is 2.35. The smallest absolute Gasteiger partial charge is 0.339 e. The number of aromatic carboxylic acids is 1. The van der Waals surface area contributed by atoms with E-state index in [4.69, 9.17) is 11.6 Å². The second kappa shape index (κ2) is 7.13. The van der Waals surface area contributed by atoms with Crippen molar-refractivity contribution in [2.45, 2.75) is 11.4 Å². The standard InChI is InChI=1S/C18H14ClNO3S/c19-15-8-4-1-5-11(15)10-20-24-16-9-14(18(22)23)17(21)13-7-3-2-6-12(13)16/h1-9,20-21H,10H2,(H,22,23). The van der Waals surface area contributed by atoms with Crippen LogP contribution in [0.5, 0.6) is 5.75 Å². The van der Waals surface area contributed by atoms with Crippen LogP contribution in [-0.4, -0.2) is 16.2 Å². The second-order valence-corrected chi connectivity index (χ2v) is 6.48. The summed E-state index contributed by atoms with van der Waals surface area (Å²) in [6.45, 7) is 0.530. The molecule has 3 aromatic carbocycles. The first-order chi connectivity index (χ1) is 11.6. The van der Waals surface area contributed by atoms with Crippen LogP contribution >= 0.6 is 23.5 Å². The molecule has 0 aromatic heterocycles. The van der Waals surface area contributed by atoms with Gasteiger partial charge < -0.3 is 10.2 Å². The lowest BCUT2D eigenvalue weighted by Gasteiger charge is -2.11. The normalized spacial score (nSPS) is 10.9. The Bertz CT molecular complexity index is 914. The molecule has 0 aliphatic carbocycles. The summed E-state index contributed by atoms with van der Waals surface area (Å²) in [6, 6.07) is 16.2. The number of phenols is 1. The number of rotatable bonds is 5. The van der Waals surface area contributed by atoms with Gasteiger partial charge >= 0.3 is 5.97 Å². The molecule has 0 radical (unpaired) electrons. The van der Waals surface area contributed by atoms with Gasteiger partial charge in [0.2, 0.25) is 0 Å². The third-order valence-electron chi connectivity index (χ3n) is 3.61. The maximum atomic E-state index is 11.4. The van der Waals surface area contributed by atoms with E-state index in [-0.39, 0.29) is 11.3 Å². The number of carbonyl (C=O) groups is 1. The van der Waals surface area contributed by atoms with Crippen molar-refractivity contribution in [1.29, 1.82) is 0 Å². The van der Waals surface area contributed by atoms with Crippen molar-refractivity contribution in [2.24, 2.45) is 0 Å². The molecule has 0 spiro atoms. The maximum absolute atomic E-state index is 11.4. The number of nitrogens with one attached hydrogen (secondary N) is 1. The van der Waals surface area contributed by atoms with Gasteiger partial charge in [-0.25, -0.2) is 4.79 Å². The lowest BCUT2D eigenvalue weighted by atomic mass is 10.1. The molecular formula is C18H14ClNO3S. The summed E-state index contributed by atoms with van der Waals surface area (Å²) in [5, 5.41) is 21.4. The Hall–Kier alpha value is -2.21. The fraction of sp³-hybridized carbons (Fsp3) is 0.0556. The first kappa shape index (κ1) is 16.6. The molecule has 0 bridgehead atoms. The molecule has 0 amide bonds. The van der Waals surface area contributed by atoms with Gasteiger partial charge in [-0.1, -0.05) is 54.1 Å². The lowest BCUT2D eigenvalue weighted by Crippen LogP contribution is -2.05. The average molecular weight is 360 g/mol. The van der Waals surface area contributed by atoms with Crippen molar-refractivity contribution in [3.05, 3.63) is 70.7 Å². The molecule has 6 heteroatoms. The number of fused-ring (bicyclic) bond motifs is 1. The zero-order valence-corrected chi connectivity index (χ0v) is 14.1. The molecule has 0 aliphatic heterocycles. The Labute approximate surface area is 148 Å². The number of hydrogen-bond donors (Lipinski definition) is 3. The summed E-state index contributed by atoms with van der Waals surface area (Å²) >= 11 is 7.44. The van der Waals surface area contributed by atoms with Crippen LogP contribution in [0.2, 0.25) is 5.02 Å². The highest BCUT2D eigenvalue weighted by molar-refractivity contribution is 7.97. The Kier molecular flexibility index (Phi) is 4.94. The summed E-state index contributed by atoms with van der Waals surface area (Å²) in [6.07, 6.45) is 0. The van der Waals surface area contributed by atoms with E-state index in [2.05, 4.69) is 4.72 Å². The van der Waals surface area contributed by atoms with Gasteiger partial charge in [0.05, 0.1) is 0 Å². The van der Waals surface area contributed by atoms with Gasteiger partial charge in [-0.3, -0.25) is 4.72 Å². The number of carboxylic acid groups (broad SMARTS) is 1. The molecule has 3 rings (SSSR count). The van der Waals surface area contributed by atoms with Crippen LogP contribution in [0.25, 0.3) is 10.8 Å². The van der Waals surface area contributed by atoms with Crippen LogP contribution in [0.4, 0.5) is 0 Å². The topological polar surface area (TPSA) is 69.6 Å². The van der Waals surface area contributed by atoms with Crippen LogP contribution in [0.1, 0.15) is 15.9 Å². The quantitative estimate of drug-likeness (QED) is 0.576. The van der Waals surface area contributed by atoms with Gasteiger partial charge in [-0.2, -0.15) is 0 Å². The molecule has 3 N–H and O–H groups in total. The number of carboxylic acids is 1. The van der Waals surface area contributed by atoms with E-state index in [1.807, 2.05) is 36.4 Å². The van der Waals surface area contributed by atoms with E-state index < -0.39 is 5.97 Å². The average Bonchev–Trinajstić information content (AvgIpc) is 2.58. The zero-order chi connectivity index (χ0) is 17.1. The van der Waals surface area contributed by atoms with Gasteiger partial charge in [0.25, 0.3) is 0 Å². The van der Waals surface area contributed by atoms with Crippen molar-refractivity contribution in [1.82, 2.24) is 4.72 Å². The van der Waals surface area contributed by atoms with E-state index in [0.29, 0.717) is 17.0 Å². The fourth-order valence-electron chi connectivity index (χ4n) is 2.41. The van der Waals surface area contributed by atoms with Gasteiger partial charge in [0.15, 0.2) is 0 Å². The van der Waals surface area contributed by atoms with Crippen molar-refractivity contribution >= 4 is 40.3 Å². The van der Waals surface area contributed by atoms with Crippen molar-refractivity contribution in [3.63, 3.8) is 0 Å². The molecule has 0 unspecified atom stereocenters. The Morgan fingerprint density at radius 3 is 2.46 bits per heavy atom. The minimum atomic E-state index is -1.16. The lowest BCUT2D eigenvalue weighted by molar-refractivity contribution is 0.0694. The maximum Gasteiger partial charge on any atom is 0.339 e. The van der Waals surface area contributed by atoms with E-state index in [0.717, 1.165) is 15.8 Å². The minimum absolute atomic E-state index is 0.115. The van der Waals surface area contributed by atoms with Crippen LogP contribution in [-0.2, 0) is 6.54 Å². The fourth-order valence-corrected chi connectivity index (χ4v) is 3.46. The van der Waals surface area contributed by atoms with Crippen molar-refractivity contribution < 1.29 is 15.0 Å². The van der Waals surface area contributed by atoms with Crippen molar-refractivity contribution in [2.75, 3.05) is 0 Å². The molecule has 122 valence electrons. The van der Waals surface area contributed by atoms with Crippen LogP contribution in [0, 0.1) is 0 Å². The molecule has 0 fully saturated rings. The molecule has 0 aliphatic rings. The van der Waals surface area contributed by atoms with Gasteiger partial charge in [-0.05, 0) is 29.6 Å². The summed E-state index contributed by atoms with van der Waals surface area (Å²) in [7, 11) is 0. The monoisotopic (exact) mass is 359 g/mol. The number of benzene rings is 3. The third-order valence-corrected chi connectivity index (χ3v) is 4.83. The summed E-state index contributed by atoms with van der Waals surface area (Å²) < 4.78 is 3.19. The number of halogens is 1. The molecule has 4 nitrogen and oxygen atoms in total. The van der Waals surface area contributed by atoms with Gasteiger partial charge in [0.1, 0.15) is 11.3 Å². The molecule has 3 aromatic rings. The minimum Gasteiger partial charge on any atom is -0.506 e. The van der Waals surface area contributed by atoms with E-state index in [1.165, 1.54) is 18.0 Å². The van der Waals surface area contributed by atoms with Crippen molar-refractivity contribution in [3.8, 4) is 5.75 Å². The number of hydrogen-bond acceptors (Lipinski definition) is 4. The molecule has 0 heterocycles. The zero-order valence-electron chi connectivity index (χ0n) is 12.5. The first-order valence-electron chi connectivity index (χ1n) is 7.19. The van der Waals surface area contributed by atoms with Crippen LogP contribution in [0.3, 0.4) is 0 Å². The van der Waals surface area contributed by atoms with Gasteiger partial charge in [0, 0.05) is 27.2 Å². The predicted molar refractivity (Wildman–Crippen MR) is 96.7 cm³/mol.